The van der Waals surface area contributed by atoms with Crippen molar-refractivity contribution in [2.45, 2.75) is 44.9 Å². The Balaban J connectivity index is 1.07. The van der Waals surface area contributed by atoms with Crippen molar-refractivity contribution in [3.8, 4) is 0 Å². The number of hydrogen-bond acceptors (Lipinski definition) is 4. The van der Waals surface area contributed by atoms with E-state index >= 15 is 0 Å². The number of rotatable bonds is 5. The van der Waals surface area contributed by atoms with Crippen LogP contribution in [0.25, 0.3) is 0 Å². The van der Waals surface area contributed by atoms with Crippen LogP contribution in [0.4, 0.5) is 0 Å². The summed E-state index contributed by atoms with van der Waals surface area (Å²) in [6.45, 7) is 1.97. The van der Waals surface area contributed by atoms with E-state index in [-0.39, 0.29) is 29.7 Å². The van der Waals surface area contributed by atoms with E-state index in [2.05, 4.69) is 5.32 Å². The fraction of sp³-hybridized carbons (Fsp3) is 0.696. The molecule has 4 bridgehead atoms. The first-order valence-corrected chi connectivity index (χ1v) is 11.4. The van der Waals surface area contributed by atoms with Crippen LogP contribution in [0.15, 0.2) is 22.8 Å². The Morgan fingerprint density at radius 2 is 1.57 bits per heavy atom. The van der Waals surface area contributed by atoms with Gasteiger partial charge in [0, 0.05) is 32.6 Å². The molecule has 6 rings (SSSR count). The van der Waals surface area contributed by atoms with Gasteiger partial charge in [0.2, 0.25) is 11.8 Å². The van der Waals surface area contributed by atoms with Crippen LogP contribution in [0.3, 0.4) is 0 Å². The van der Waals surface area contributed by atoms with Crippen LogP contribution in [-0.4, -0.2) is 60.2 Å². The van der Waals surface area contributed by atoms with Gasteiger partial charge in [-0.15, -0.1) is 0 Å². The van der Waals surface area contributed by atoms with Crippen molar-refractivity contribution in [2.75, 3.05) is 32.7 Å². The number of carbonyl (C=O) groups is 3. The molecule has 0 spiro atoms. The molecule has 5 fully saturated rings. The lowest BCUT2D eigenvalue weighted by molar-refractivity contribution is -0.136. The molecule has 3 amide bonds. The highest BCUT2D eigenvalue weighted by Crippen LogP contribution is 2.61. The number of piperazine rings is 1. The van der Waals surface area contributed by atoms with E-state index in [1.54, 1.807) is 21.9 Å². The smallest absolute Gasteiger partial charge is 0.289 e. The molecule has 30 heavy (non-hydrogen) atoms. The fourth-order valence-electron chi connectivity index (χ4n) is 6.91. The van der Waals surface area contributed by atoms with E-state index in [1.165, 1.54) is 44.8 Å². The molecule has 1 aliphatic heterocycles. The lowest BCUT2D eigenvalue weighted by atomic mass is 9.49. The summed E-state index contributed by atoms with van der Waals surface area (Å²) in [5.41, 5.74) is 0.194. The van der Waals surface area contributed by atoms with Gasteiger partial charge < -0.3 is 19.5 Å². The third kappa shape index (κ3) is 3.86. The summed E-state index contributed by atoms with van der Waals surface area (Å²) in [4.78, 5) is 41.0. The third-order valence-corrected chi connectivity index (χ3v) is 7.79. The van der Waals surface area contributed by atoms with Gasteiger partial charge in [0.05, 0.1) is 12.8 Å². The monoisotopic (exact) mass is 413 g/mol. The van der Waals surface area contributed by atoms with Crippen LogP contribution in [0, 0.1) is 23.2 Å². The minimum absolute atomic E-state index is 0.0249. The highest BCUT2D eigenvalue weighted by molar-refractivity contribution is 5.91. The van der Waals surface area contributed by atoms with Crippen molar-refractivity contribution in [3.05, 3.63) is 24.2 Å². The second-order valence-corrected chi connectivity index (χ2v) is 10.0. The topological polar surface area (TPSA) is 82.9 Å². The Morgan fingerprint density at radius 1 is 0.967 bits per heavy atom. The molecule has 4 saturated carbocycles. The van der Waals surface area contributed by atoms with Crippen LogP contribution < -0.4 is 5.32 Å². The van der Waals surface area contributed by atoms with Crippen LogP contribution >= 0.6 is 0 Å². The zero-order valence-corrected chi connectivity index (χ0v) is 17.5. The second-order valence-electron chi connectivity index (χ2n) is 10.0. The summed E-state index contributed by atoms with van der Waals surface area (Å²) in [5, 5.41) is 2.89. The van der Waals surface area contributed by atoms with Gasteiger partial charge in [-0.25, -0.2) is 0 Å². The molecule has 7 nitrogen and oxygen atoms in total. The van der Waals surface area contributed by atoms with E-state index in [0.29, 0.717) is 38.4 Å². The first kappa shape index (κ1) is 19.6. The Kier molecular flexibility index (Phi) is 5.07. The summed E-state index contributed by atoms with van der Waals surface area (Å²) in [6.07, 6.45) is 9.77. The number of nitrogens with zero attached hydrogens (tertiary/aromatic N) is 2. The van der Waals surface area contributed by atoms with Crippen molar-refractivity contribution in [1.29, 1.82) is 0 Å². The van der Waals surface area contributed by atoms with Gasteiger partial charge in [0.25, 0.3) is 5.91 Å². The maximum absolute atomic E-state index is 12.6. The summed E-state index contributed by atoms with van der Waals surface area (Å²) in [6, 6.07) is 3.35. The molecule has 0 atom stereocenters. The first-order valence-electron chi connectivity index (χ1n) is 11.4. The van der Waals surface area contributed by atoms with E-state index in [1.807, 2.05) is 0 Å². The van der Waals surface area contributed by atoms with Crippen LogP contribution in [-0.2, 0) is 9.59 Å². The predicted octanol–water partition coefficient (Wildman–Crippen LogP) is 2.29. The molecule has 1 saturated heterocycles. The van der Waals surface area contributed by atoms with Gasteiger partial charge >= 0.3 is 0 Å². The van der Waals surface area contributed by atoms with Gasteiger partial charge in [-0.05, 0) is 73.8 Å². The first-order chi connectivity index (χ1) is 14.5. The van der Waals surface area contributed by atoms with Gasteiger partial charge in [0.1, 0.15) is 0 Å². The molecule has 2 heterocycles. The Bertz CT molecular complexity index is 775. The lowest BCUT2D eigenvalue weighted by Gasteiger charge is -2.56. The molecule has 1 N–H and O–H groups in total. The van der Waals surface area contributed by atoms with E-state index in [4.69, 9.17) is 4.42 Å². The van der Waals surface area contributed by atoms with Crippen molar-refractivity contribution in [2.24, 2.45) is 23.2 Å². The van der Waals surface area contributed by atoms with E-state index in [0.717, 1.165) is 17.8 Å². The van der Waals surface area contributed by atoms with Gasteiger partial charge in [0.15, 0.2) is 5.76 Å². The molecule has 0 unspecified atom stereocenters. The average Bonchev–Trinajstić information content (AvgIpc) is 3.25. The summed E-state index contributed by atoms with van der Waals surface area (Å²) >= 11 is 0. The van der Waals surface area contributed by atoms with Crippen molar-refractivity contribution >= 4 is 17.7 Å². The molecule has 7 heteroatoms. The highest BCUT2D eigenvalue weighted by atomic mass is 16.3. The van der Waals surface area contributed by atoms with Crippen molar-refractivity contribution in [3.63, 3.8) is 0 Å². The largest absolute Gasteiger partial charge is 0.459 e. The molecule has 5 aliphatic rings. The summed E-state index contributed by atoms with van der Waals surface area (Å²) < 4.78 is 5.17. The summed E-state index contributed by atoms with van der Waals surface area (Å²) in [7, 11) is 0. The van der Waals surface area contributed by atoms with Crippen LogP contribution in [0.1, 0.15) is 55.5 Å². The van der Waals surface area contributed by atoms with E-state index in [9.17, 15) is 14.4 Å². The number of furan rings is 1. The minimum atomic E-state index is -0.143. The normalized spacial score (nSPS) is 32.3. The van der Waals surface area contributed by atoms with Crippen molar-refractivity contribution < 1.29 is 18.8 Å². The molecule has 1 aromatic rings. The van der Waals surface area contributed by atoms with Gasteiger partial charge in [-0.1, -0.05) is 0 Å². The molecular formula is C23H31N3O4. The number of nitrogens with one attached hydrogen (secondary N) is 1. The zero-order chi connectivity index (χ0) is 20.7. The molecule has 0 aromatic carbocycles. The quantitative estimate of drug-likeness (QED) is 0.803. The second kappa shape index (κ2) is 7.75. The Morgan fingerprint density at radius 3 is 2.13 bits per heavy atom. The zero-order valence-electron chi connectivity index (χ0n) is 17.5. The molecule has 4 aliphatic carbocycles. The minimum Gasteiger partial charge on any atom is -0.459 e. The van der Waals surface area contributed by atoms with Crippen LogP contribution in [0.2, 0.25) is 0 Å². The summed E-state index contributed by atoms with van der Waals surface area (Å²) in [5.74, 6) is 2.61. The maximum Gasteiger partial charge on any atom is 0.289 e. The Labute approximate surface area is 177 Å². The molecule has 162 valence electrons. The number of hydrogen-bond donors (Lipinski definition) is 1. The predicted molar refractivity (Wildman–Crippen MR) is 109 cm³/mol. The van der Waals surface area contributed by atoms with Crippen LogP contribution in [0.5, 0.6) is 0 Å². The Hall–Kier alpha value is -2.31. The average molecular weight is 414 g/mol. The number of amides is 3. The standard InChI is InChI=1S/C23H31N3O4/c27-20(14-23-11-16-8-17(12-23)10-18(9-16)13-23)24-15-21(28)25-3-5-26(6-4-25)22(29)19-2-1-7-30-19/h1-2,7,16-18H,3-6,8-15H2,(H,24,27). The SMILES string of the molecule is O=C(CC12CC3CC(CC(C3)C1)C2)NCC(=O)N1CCN(C(=O)c2ccco2)CC1. The third-order valence-electron chi connectivity index (χ3n) is 7.79. The highest BCUT2D eigenvalue weighted by Gasteiger charge is 2.51. The van der Waals surface area contributed by atoms with Gasteiger partial charge in [-0.2, -0.15) is 0 Å². The molecular weight excluding hydrogens is 382 g/mol. The fourth-order valence-corrected chi connectivity index (χ4v) is 6.91. The molecule has 0 radical (unpaired) electrons. The molecule has 1 aromatic heterocycles. The van der Waals surface area contributed by atoms with E-state index < -0.39 is 0 Å². The lowest BCUT2D eigenvalue weighted by Crippen LogP contribution is -2.53. The van der Waals surface area contributed by atoms with Crippen molar-refractivity contribution in [1.82, 2.24) is 15.1 Å². The number of carbonyl (C=O) groups excluding carboxylic acids is 3. The van der Waals surface area contributed by atoms with Gasteiger partial charge in [-0.3, -0.25) is 14.4 Å². The maximum atomic E-state index is 12.6.